The fourth-order valence-corrected chi connectivity index (χ4v) is 1.93. The zero-order chi connectivity index (χ0) is 11.7. The van der Waals surface area contributed by atoms with Crippen molar-refractivity contribution in [2.24, 2.45) is 0 Å². The molecule has 84 valence electrons. The summed E-state index contributed by atoms with van der Waals surface area (Å²) in [6, 6.07) is 8.18. The third-order valence-corrected chi connectivity index (χ3v) is 2.75. The van der Waals surface area contributed by atoms with Gasteiger partial charge in [-0.05, 0) is 36.1 Å². The number of aryl methyl sites for hydroxylation is 1. The molecule has 2 aromatic rings. The van der Waals surface area contributed by atoms with Crippen LogP contribution in [0.25, 0.3) is 5.69 Å². The summed E-state index contributed by atoms with van der Waals surface area (Å²) in [4.78, 5) is 0. The lowest BCUT2D eigenvalue weighted by Crippen LogP contribution is -1.99. The Bertz CT molecular complexity index is 498. The van der Waals surface area contributed by atoms with Gasteiger partial charge < -0.3 is 5.73 Å². The van der Waals surface area contributed by atoms with Crippen molar-refractivity contribution in [1.82, 2.24) is 9.78 Å². The fourth-order valence-electron chi connectivity index (χ4n) is 1.93. The van der Waals surface area contributed by atoms with Gasteiger partial charge in [-0.2, -0.15) is 5.10 Å². The van der Waals surface area contributed by atoms with E-state index in [0.717, 1.165) is 5.69 Å². The molecule has 1 aromatic heterocycles. The van der Waals surface area contributed by atoms with Crippen LogP contribution in [0.4, 0.5) is 5.82 Å². The second-order valence-electron chi connectivity index (χ2n) is 4.38. The van der Waals surface area contributed by atoms with Crippen LogP contribution < -0.4 is 5.73 Å². The van der Waals surface area contributed by atoms with E-state index in [1.807, 2.05) is 6.20 Å². The van der Waals surface area contributed by atoms with Crippen LogP contribution in [0.1, 0.15) is 30.9 Å². The van der Waals surface area contributed by atoms with Crippen LogP contribution in [0, 0.1) is 6.92 Å². The molecule has 0 unspecified atom stereocenters. The number of nitrogen functional groups attached to an aromatic ring is 1. The quantitative estimate of drug-likeness (QED) is 0.837. The minimum atomic E-state index is 0.547. The summed E-state index contributed by atoms with van der Waals surface area (Å²) >= 11 is 0. The van der Waals surface area contributed by atoms with Crippen molar-refractivity contribution in [3.8, 4) is 5.69 Å². The lowest BCUT2D eigenvalue weighted by atomic mass is 9.98. The largest absolute Gasteiger partial charge is 0.382 e. The standard InChI is InChI=1S/C13H17N3/c1-9(2)12-5-4-11(8-10(12)3)16-7-6-13(14)15-16/h4-9H,1-3H3,(H2,14,15). The number of nitrogens with two attached hydrogens (primary N) is 1. The first-order valence-corrected chi connectivity index (χ1v) is 5.50. The molecule has 0 bridgehead atoms. The summed E-state index contributed by atoms with van der Waals surface area (Å²) in [5.41, 5.74) is 9.33. The molecule has 16 heavy (non-hydrogen) atoms. The summed E-state index contributed by atoms with van der Waals surface area (Å²) in [5.74, 6) is 1.10. The van der Waals surface area contributed by atoms with Gasteiger partial charge in [0.1, 0.15) is 5.82 Å². The first kappa shape index (κ1) is 10.7. The summed E-state index contributed by atoms with van der Waals surface area (Å²) in [7, 11) is 0. The van der Waals surface area contributed by atoms with Crippen LogP contribution in [-0.2, 0) is 0 Å². The van der Waals surface area contributed by atoms with Gasteiger partial charge in [-0.25, -0.2) is 4.68 Å². The smallest absolute Gasteiger partial charge is 0.145 e. The molecule has 1 aromatic carbocycles. The Hall–Kier alpha value is -1.77. The average Bonchev–Trinajstić information content (AvgIpc) is 2.64. The molecule has 2 N–H and O–H groups in total. The Kier molecular flexibility index (Phi) is 2.69. The van der Waals surface area contributed by atoms with Crippen LogP contribution in [0.3, 0.4) is 0 Å². The van der Waals surface area contributed by atoms with Crippen LogP contribution in [0.5, 0.6) is 0 Å². The molecule has 0 spiro atoms. The van der Waals surface area contributed by atoms with Crippen molar-refractivity contribution in [2.75, 3.05) is 5.73 Å². The highest BCUT2D eigenvalue weighted by molar-refractivity contribution is 5.42. The van der Waals surface area contributed by atoms with Crippen molar-refractivity contribution in [3.63, 3.8) is 0 Å². The van der Waals surface area contributed by atoms with Crippen LogP contribution in [-0.4, -0.2) is 9.78 Å². The Labute approximate surface area is 95.9 Å². The lowest BCUT2D eigenvalue weighted by molar-refractivity contribution is 0.845. The number of benzene rings is 1. The van der Waals surface area contributed by atoms with E-state index in [1.165, 1.54) is 11.1 Å². The number of hydrogen-bond acceptors (Lipinski definition) is 2. The molecule has 0 saturated carbocycles. The Morgan fingerprint density at radius 3 is 2.50 bits per heavy atom. The topological polar surface area (TPSA) is 43.8 Å². The zero-order valence-electron chi connectivity index (χ0n) is 9.94. The normalized spacial score (nSPS) is 11.0. The van der Waals surface area contributed by atoms with Gasteiger partial charge in [0.2, 0.25) is 0 Å². The fraction of sp³-hybridized carbons (Fsp3) is 0.308. The minimum Gasteiger partial charge on any atom is -0.382 e. The van der Waals surface area contributed by atoms with E-state index in [1.54, 1.807) is 10.7 Å². The molecule has 0 saturated heterocycles. The zero-order valence-corrected chi connectivity index (χ0v) is 9.94. The highest BCUT2D eigenvalue weighted by Crippen LogP contribution is 2.21. The van der Waals surface area contributed by atoms with Gasteiger partial charge in [0, 0.05) is 12.3 Å². The van der Waals surface area contributed by atoms with E-state index in [-0.39, 0.29) is 0 Å². The predicted molar refractivity (Wildman–Crippen MR) is 66.8 cm³/mol. The van der Waals surface area contributed by atoms with Gasteiger partial charge in [0.05, 0.1) is 5.69 Å². The first-order valence-electron chi connectivity index (χ1n) is 5.50. The van der Waals surface area contributed by atoms with Crippen molar-refractivity contribution >= 4 is 5.82 Å². The summed E-state index contributed by atoms with van der Waals surface area (Å²) < 4.78 is 1.80. The second kappa shape index (κ2) is 4.00. The van der Waals surface area contributed by atoms with Gasteiger partial charge in [0.25, 0.3) is 0 Å². The van der Waals surface area contributed by atoms with E-state index in [4.69, 9.17) is 5.73 Å². The number of hydrogen-bond donors (Lipinski definition) is 1. The third-order valence-electron chi connectivity index (χ3n) is 2.75. The maximum absolute atomic E-state index is 5.60. The highest BCUT2D eigenvalue weighted by atomic mass is 15.3. The van der Waals surface area contributed by atoms with Crippen molar-refractivity contribution in [2.45, 2.75) is 26.7 Å². The molecule has 3 heteroatoms. The van der Waals surface area contributed by atoms with Crippen LogP contribution in [0.15, 0.2) is 30.5 Å². The molecule has 0 fully saturated rings. The summed E-state index contributed by atoms with van der Waals surface area (Å²) in [6.07, 6.45) is 1.87. The first-order chi connectivity index (χ1) is 7.58. The Morgan fingerprint density at radius 1 is 1.25 bits per heavy atom. The summed E-state index contributed by atoms with van der Waals surface area (Å²) in [5, 5.41) is 4.19. The van der Waals surface area contributed by atoms with E-state index >= 15 is 0 Å². The molecule has 0 radical (unpaired) electrons. The van der Waals surface area contributed by atoms with Crippen molar-refractivity contribution < 1.29 is 0 Å². The molecule has 1 heterocycles. The number of aromatic nitrogens is 2. The SMILES string of the molecule is Cc1cc(-n2ccc(N)n2)ccc1C(C)C. The molecule has 0 atom stereocenters. The predicted octanol–water partition coefficient (Wildman–Crippen LogP) is 2.89. The number of anilines is 1. The lowest BCUT2D eigenvalue weighted by Gasteiger charge is -2.11. The van der Waals surface area contributed by atoms with Crippen LogP contribution in [0.2, 0.25) is 0 Å². The van der Waals surface area contributed by atoms with E-state index in [2.05, 4.69) is 44.1 Å². The highest BCUT2D eigenvalue weighted by Gasteiger charge is 2.05. The molecular weight excluding hydrogens is 198 g/mol. The monoisotopic (exact) mass is 215 g/mol. The van der Waals surface area contributed by atoms with Crippen molar-refractivity contribution in [1.29, 1.82) is 0 Å². The maximum atomic E-state index is 5.60. The van der Waals surface area contributed by atoms with Gasteiger partial charge in [-0.15, -0.1) is 0 Å². The number of rotatable bonds is 2. The maximum Gasteiger partial charge on any atom is 0.145 e. The molecule has 0 aliphatic carbocycles. The molecule has 0 aliphatic rings. The molecule has 0 aliphatic heterocycles. The third kappa shape index (κ3) is 1.94. The van der Waals surface area contributed by atoms with Gasteiger partial charge in [-0.3, -0.25) is 0 Å². The minimum absolute atomic E-state index is 0.547. The van der Waals surface area contributed by atoms with Gasteiger partial charge >= 0.3 is 0 Å². The van der Waals surface area contributed by atoms with Crippen molar-refractivity contribution in [3.05, 3.63) is 41.6 Å². The molecule has 3 nitrogen and oxygen atoms in total. The summed E-state index contributed by atoms with van der Waals surface area (Å²) in [6.45, 7) is 6.54. The number of nitrogens with zero attached hydrogens (tertiary/aromatic N) is 2. The van der Waals surface area contributed by atoms with Gasteiger partial charge in [0.15, 0.2) is 0 Å². The molecule has 2 rings (SSSR count). The second-order valence-corrected chi connectivity index (χ2v) is 4.38. The average molecular weight is 215 g/mol. The van der Waals surface area contributed by atoms with E-state index in [9.17, 15) is 0 Å². The van der Waals surface area contributed by atoms with Crippen LogP contribution >= 0.6 is 0 Å². The van der Waals surface area contributed by atoms with E-state index < -0.39 is 0 Å². The van der Waals surface area contributed by atoms with E-state index in [0.29, 0.717) is 11.7 Å². The van der Waals surface area contributed by atoms with Gasteiger partial charge in [-0.1, -0.05) is 19.9 Å². The Morgan fingerprint density at radius 2 is 2.00 bits per heavy atom. The molecule has 0 amide bonds. The Balaban J connectivity index is 2.42. The molecular formula is C13H17N3.